The van der Waals surface area contributed by atoms with E-state index < -0.39 is 29.3 Å². The standard InChI is InChI=1S/C30H39N7O4/c1-29(2,31)27(39)34-24(15-19-16-32-23-10-8-7-9-22(19)23)26(38)35-25-17-37(18-33-25)30(3,28(40)36(4)5)20-11-13-21(41-6)14-12-20/h7-14,16-18,24,26,32,35,38H,15,31H2,1-6H3,(H,34,39)/t24-,26?,30?/m1/s1. The summed E-state index contributed by atoms with van der Waals surface area (Å²) in [7, 11) is 4.97. The van der Waals surface area contributed by atoms with Crippen LogP contribution >= 0.6 is 0 Å². The Morgan fingerprint density at radius 1 is 1.15 bits per heavy atom. The van der Waals surface area contributed by atoms with E-state index in [9.17, 15) is 14.7 Å². The molecule has 0 aliphatic heterocycles. The number of aliphatic hydroxyl groups excluding tert-OH is 1. The summed E-state index contributed by atoms with van der Waals surface area (Å²) in [6.45, 7) is 5.02. The van der Waals surface area contributed by atoms with Crippen molar-refractivity contribution in [1.29, 1.82) is 0 Å². The lowest BCUT2D eigenvalue weighted by molar-refractivity contribution is -0.135. The molecule has 6 N–H and O–H groups in total. The normalized spacial score (nSPS) is 14.6. The van der Waals surface area contributed by atoms with Crippen molar-refractivity contribution in [1.82, 2.24) is 24.8 Å². The van der Waals surface area contributed by atoms with Crippen molar-refractivity contribution in [3.8, 4) is 5.75 Å². The molecular formula is C30H39N7O4. The van der Waals surface area contributed by atoms with Crippen LogP contribution < -0.4 is 21.1 Å². The van der Waals surface area contributed by atoms with Crippen molar-refractivity contribution < 1.29 is 19.4 Å². The minimum absolute atomic E-state index is 0.165. The molecule has 0 saturated carbocycles. The fourth-order valence-electron chi connectivity index (χ4n) is 4.76. The minimum atomic E-state index is -1.23. The molecule has 0 fully saturated rings. The number of nitrogens with two attached hydrogens (primary N) is 1. The smallest absolute Gasteiger partial charge is 0.252 e. The second-order valence-corrected chi connectivity index (χ2v) is 11.1. The predicted molar refractivity (Wildman–Crippen MR) is 158 cm³/mol. The number of ether oxygens (including phenoxy) is 1. The third kappa shape index (κ3) is 6.21. The van der Waals surface area contributed by atoms with Gasteiger partial charge in [-0.25, -0.2) is 4.98 Å². The van der Waals surface area contributed by atoms with Crippen molar-refractivity contribution in [2.45, 2.75) is 50.5 Å². The first kappa shape index (κ1) is 29.6. The van der Waals surface area contributed by atoms with Gasteiger partial charge in [-0.15, -0.1) is 0 Å². The maximum absolute atomic E-state index is 13.5. The zero-order valence-electron chi connectivity index (χ0n) is 24.3. The lowest BCUT2D eigenvalue weighted by Crippen LogP contribution is -2.56. The number of aromatic amines is 1. The molecule has 0 aliphatic rings. The molecule has 2 heterocycles. The van der Waals surface area contributed by atoms with Crippen LogP contribution in [0.4, 0.5) is 5.82 Å². The lowest BCUT2D eigenvalue weighted by Gasteiger charge is -2.33. The van der Waals surface area contributed by atoms with E-state index in [1.165, 1.54) is 11.2 Å². The number of methoxy groups -OCH3 is 1. The molecule has 2 unspecified atom stereocenters. The summed E-state index contributed by atoms with van der Waals surface area (Å²) in [5.41, 5.74) is 6.38. The summed E-state index contributed by atoms with van der Waals surface area (Å²) in [4.78, 5) is 35.5. The van der Waals surface area contributed by atoms with Crippen LogP contribution in [0.15, 0.2) is 67.3 Å². The quantitative estimate of drug-likeness (QED) is 0.177. The van der Waals surface area contributed by atoms with Gasteiger partial charge in [-0.05, 0) is 56.5 Å². The molecule has 4 aromatic rings. The Kier molecular flexibility index (Phi) is 8.41. The van der Waals surface area contributed by atoms with Gasteiger partial charge in [-0.3, -0.25) is 9.59 Å². The number of hydrogen-bond donors (Lipinski definition) is 5. The molecule has 0 aliphatic carbocycles. The van der Waals surface area contributed by atoms with Crippen molar-refractivity contribution in [2.75, 3.05) is 26.5 Å². The first-order valence-corrected chi connectivity index (χ1v) is 13.3. The van der Waals surface area contributed by atoms with E-state index in [0.717, 1.165) is 22.0 Å². The summed E-state index contributed by atoms with van der Waals surface area (Å²) < 4.78 is 6.98. The van der Waals surface area contributed by atoms with Crippen LogP contribution in [0.2, 0.25) is 0 Å². The van der Waals surface area contributed by atoms with Gasteiger partial charge in [0, 0.05) is 37.4 Å². The number of rotatable bonds is 11. The average Bonchev–Trinajstić information content (AvgIpc) is 3.58. The number of fused-ring (bicyclic) bond motifs is 1. The highest BCUT2D eigenvalue weighted by Gasteiger charge is 2.39. The number of carbonyl (C=O) groups excluding carboxylic acids is 2. The van der Waals surface area contributed by atoms with Crippen LogP contribution in [-0.2, 0) is 21.5 Å². The van der Waals surface area contributed by atoms with Crippen LogP contribution in [0.3, 0.4) is 0 Å². The Morgan fingerprint density at radius 2 is 1.83 bits per heavy atom. The number of aliphatic hydroxyl groups is 1. The van der Waals surface area contributed by atoms with Gasteiger partial charge in [0.25, 0.3) is 5.91 Å². The Bertz CT molecular complexity index is 1500. The fraction of sp³-hybridized carbons (Fsp3) is 0.367. The molecule has 0 bridgehead atoms. The van der Waals surface area contributed by atoms with Crippen LogP contribution in [0.1, 0.15) is 31.9 Å². The van der Waals surface area contributed by atoms with Gasteiger partial charge in [0.1, 0.15) is 23.3 Å². The van der Waals surface area contributed by atoms with Gasteiger partial charge >= 0.3 is 0 Å². The average molecular weight is 562 g/mol. The monoisotopic (exact) mass is 561 g/mol. The van der Waals surface area contributed by atoms with Crippen LogP contribution in [0, 0.1) is 0 Å². The maximum atomic E-state index is 13.5. The number of benzene rings is 2. The number of H-pyrrole nitrogens is 1. The topological polar surface area (TPSA) is 151 Å². The number of likely N-dealkylation sites (N-methyl/N-ethyl adjacent to an activating group) is 1. The molecule has 0 radical (unpaired) electrons. The second kappa shape index (κ2) is 11.6. The molecule has 11 nitrogen and oxygen atoms in total. The van der Waals surface area contributed by atoms with Gasteiger partial charge in [-0.2, -0.15) is 0 Å². The van der Waals surface area contributed by atoms with E-state index in [4.69, 9.17) is 10.5 Å². The number of nitrogens with zero attached hydrogens (tertiary/aromatic N) is 3. The first-order chi connectivity index (χ1) is 19.3. The molecule has 3 atom stereocenters. The summed E-state index contributed by atoms with van der Waals surface area (Å²) in [5, 5.41) is 18.2. The lowest BCUT2D eigenvalue weighted by atomic mass is 9.90. The third-order valence-corrected chi connectivity index (χ3v) is 7.27. The molecule has 4 rings (SSSR count). The summed E-state index contributed by atoms with van der Waals surface area (Å²) in [6, 6.07) is 14.3. The van der Waals surface area contributed by atoms with Crippen LogP contribution in [0.5, 0.6) is 5.75 Å². The third-order valence-electron chi connectivity index (χ3n) is 7.27. The maximum Gasteiger partial charge on any atom is 0.252 e. The highest BCUT2D eigenvalue weighted by molar-refractivity contribution is 5.88. The number of hydrogen-bond acceptors (Lipinski definition) is 7. The van der Waals surface area contributed by atoms with E-state index in [-0.39, 0.29) is 5.91 Å². The van der Waals surface area contributed by atoms with Crippen molar-refractivity contribution >= 4 is 28.5 Å². The molecule has 2 aromatic heterocycles. The minimum Gasteiger partial charge on any atom is -0.497 e. The van der Waals surface area contributed by atoms with Gasteiger partial charge in [0.15, 0.2) is 0 Å². The molecule has 0 spiro atoms. The van der Waals surface area contributed by atoms with Gasteiger partial charge in [0.2, 0.25) is 5.91 Å². The number of anilines is 1. The van der Waals surface area contributed by atoms with E-state index in [1.807, 2.05) is 49.5 Å². The number of carbonyl (C=O) groups is 2. The van der Waals surface area contributed by atoms with Crippen LogP contribution in [-0.4, -0.2) is 75.4 Å². The molecule has 0 saturated heterocycles. The fourth-order valence-corrected chi connectivity index (χ4v) is 4.76. The largest absolute Gasteiger partial charge is 0.497 e. The van der Waals surface area contributed by atoms with E-state index >= 15 is 0 Å². The predicted octanol–water partition coefficient (Wildman–Crippen LogP) is 2.42. The number of amides is 2. The summed E-state index contributed by atoms with van der Waals surface area (Å²) in [6.07, 6.45) is 4.16. The number of para-hydroxylation sites is 1. The number of nitrogens with one attached hydrogen (secondary N) is 3. The highest BCUT2D eigenvalue weighted by atomic mass is 16.5. The first-order valence-electron chi connectivity index (χ1n) is 13.3. The zero-order chi connectivity index (χ0) is 29.9. The summed E-state index contributed by atoms with van der Waals surface area (Å²) in [5.74, 6) is 0.432. The Labute approximate surface area is 239 Å². The van der Waals surface area contributed by atoms with E-state index in [0.29, 0.717) is 18.0 Å². The van der Waals surface area contributed by atoms with E-state index in [2.05, 4.69) is 20.6 Å². The van der Waals surface area contributed by atoms with Gasteiger partial charge in [-0.1, -0.05) is 30.3 Å². The Balaban J connectivity index is 1.63. The molecule has 41 heavy (non-hydrogen) atoms. The van der Waals surface area contributed by atoms with Crippen molar-refractivity contribution in [3.63, 3.8) is 0 Å². The van der Waals surface area contributed by atoms with Gasteiger partial charge in [0.05, 0.1) is 25.0 Å². The van der Waals surface area contributed by atoms with E-state index in [1.54, 1.807) is 57.9 Å². The van der Waals surface area contributed by atoms with Gasteiger partial charge < -0.3 is 40.7 Å². The Hall–Kier alpha value is -4.35. The molecule has 2 aromatic carbocycles. The second-order valence-electron chi connectivity index (χ2n) is 11.1. The van der Waals surface area contributed by atoms with Crippen LogP contribution in [0.25, 0.3) is 10.9 Å². The summed E-state index contributed by atoms with van der Waals surface area (Å²) >= 11 is 0. The SMILES string of the molecule is COc1ccc(C(C)(C(=O)N(C)C)n2cnc(NC(O)[C@@H](Cc3c[nH]c4ccccc34)NC(=O)C(C)(C)N)c2)cc1. The molecule has 11 heteroatoms. The zero-order valence-corrected chi connectivity index (χ0v) is 24.3. The molecular weight excluding hydrogens is 522 g/mol. The Morgan fingerprint density at radius 3 is 2.46 bits per heavy atom. The van der Waals surface area contributed by atoms with Crippen molar-refractivity contribution in [2.24, 2.45) is 5.73 Å². The highest BCUT2D eigenvalue weighted by Crippen LogP contribution is 2.31. The van der Waals surface area contributed by atoms with Crippen molar-refractivity contribution in [3.05, 3.63) is 78.4 Å². The molecule has 218 valence electrons. The number of aromatic nitrogens is 3. The molecule has 2 amide bonds. The number of imidazole rings is 1.